The van der Waals surface area contributed by atoms with Gasteiger partial charge in [-0.05, 0) is 50.1 Å². The second-order valence-electron chi connectivity index (χ2n) is 5.56. The molecule has 4 heteroatoms. The Balaban J connectivity index is 2.19. The molecule has 2 aromatic carbocycles. The molecule has 0 aromatic heterocycles. The van der Waals surface area contributed by atoms with Crippen LogP contribution in [0.25, 0.3) is 0 Å². The largest absolute Gasteiger partial charge is 0.478 e. The third kappa shape index (κ3) is 4.25. The Morgan fingerprint density at radius 2 is 1.77 bits per heavy atom. The zero-order valence-electron chi connectivity index (χ0n) is 12.9. The van der Waals surface area contributed by atoms with Crippen molar-refractivity contribution in [3.05, 3.63) is 63.7 Å². The molecule has 0 aliphatic rings. The molecule has 0 aliphatic heterocycles. The summed E-state index contributed by atoms with van der Waals surface area (Å²) in [4.78, 5) is 11.5. The molecule has 0 bridgehead atoms. The van der Waals surface area contributed by atoms with Crippen molar-refractivity contribution in [2.24, 2.45) is 0 Å². The molecule has 116 valence electrons. The Bertz CT molecular complexity index is 674. The van der Waals surface area contributed by atoms with Crippen LogP contribution in [0.2, 0.25) is 5.02 Å². The van der Waals surface area contributed by atoms with E-state index in [0.29, 0.717) is 17.2 Å². The SMILES string of the molecule is Cc1cc(C)cc(CC(Oc2ccc(Cl)c(C)c2)C(=O)O)c1. The van der Waals surface area contributed by atoms with E-state index in [1.165, 1.54) is 0 Å². The van der Waals surface area contributed by atoms with Crippen LogP contribution in [0.4, 0.5) is 0 Å². The fraction of sp³-hybridized carbons (Fsp3) is 0.278. The fourth-order valence-corrected chi connectivity index (χ4v) is 2.55. The van der Waals surface area contributed by atoms with Crippen molar-refractivity contribution in [2.45, 2.75) is 33.3 Å². The number of ether oxygens (including phenoxy) is 1. The molecule has 1 unspecified atom stereocenters. The molecular formula is C18H19ClO3. The van der Waals surface area contributed by atoms with Gasteiger partial charge in [-0.1, -0.05) is 40.9 Å². The van der Waals surface area contributed by atoms with E-state index in [9.17, 15) is 9.90 Å². The summed E-state index contributed by atoms with van der Waals surface area (Å²) in [6.45, 7) is 5.85. The number of hydrogen-bond acceptors (Lipinski definition) is 2. The van der Waals surface area contributed by atoms with Gasteiger partial charge in [0.1, 0.15) is 5.75 Å². The Kier molecular flexibility index (Phi) is 5.09. The zero-order chi connectivity index (χ0) is 16.3. The highest BCUT2D eigenvalue weighted by molar-refractivity contribution is 6.31. The van der Waals surface area contributed by atoms with Crippen molar-refractivity contribution in [2.75, 3.05) is 0 Å². The van der Waals surface area contributed by atoms with Crippen LogP contribution in [-0.2, 0) is 11.2 Å². The number of rotatable bonds is 5. The van der Waals surface area contributed by atoms with Gasteiger partial charge in [0.15, 0.2) is 6.10 Å². The van der Waals surface area contributed by atoms with Crippen LogP contribution < -0.4 is 4.74 Å². The first-order valence-corrected chi connectivity index (χ1v) is 7.46. The van der Waals surface area contributed by atoms with Gasteiger partial charge in [-0.3, -0.25) is 0 Å². The van der Waals surface area contributed by atoms with Crippen LogP contribution in [-0.4, -0.2) is 17.2 Å². The van der Waals surface area contributed by atoms with Crippen molar-refractivity contribution in [3.8, 4) is 5.75 Å². The first kappa shape index (κ1) is 16.4. The van der Waals surface area contributed by atoms with Gasteiger partial charge in [0.25, 0.3) is 0 Å². The quantitative estimate of drug-likeness (QED) is 0.892. The zero-order valence-corrected chi connectivity index (χ0v) is 13.6. The number of aliphatic carboxylic acids is 1. The molecule has 22 heavy (non-hydrogen) atoms. The number of carboxylic acid groups (broad SMARTS) is 1. The predicted molar refractivity (Wildman–Crippen MR) is 87.9 cm³/mol. The number of carboxylic acids is 1. The van der Waals surface area contributed by atoms with E-state index in [4.69, 9.17) is 16.3 Å². The molecular weight excluding hydrogens is 300 g/mol. The lowest BCUT2D eigenvalue weighted by Gasteiger charge is -2.16. The summed E-state index contributed by atoms with van der Waals surface area (Å²) in [5.41, 5.74) is 4.04. The van der Waals surface area contributed by atoms with Gasteiger partial charge in [-0.15, -0.1) is 0 Å². The highest BCUT2D eigenvalue weighted by Gasteiger charge is 2.20. The van der Waals surface area contributed by atoms with Crippen LogP contribution in [0.5, 0.6) is 5.75 Å². The van der Waals surface area contributed by atoms with E-state index in [-0.39, 0.29) is 0 Å². The number of aryl methyl sites for hydroxylation is 3. The molecule has 0 amide bonds. The van der Waals surface area contributed by atoms with E-state index < -0.39 is 12.1 Å². The summed E-state index contributed by atoms with van der Waals surface area (Å²) in [7, 11) is 0. The Hall–Kier alpha value is -2.00. The predicted octanol–water partition coefficient (Wildman–Crippen LogP) is 4.34. The molecule has 0 saturated carbocycles. The van der Waals surface area contributed by atoms with Crippen molar-refractivity contribution >= 4 is 17.6 Å². The van der Waals surface area contributed by atoms with E-state index in [1.807, 2.05) is 32.9 Å². The first-order chi connectivity index (χ1) is 10.3. The van der Waals surface area contributed by atoms with Gasteiger partial charge in [0.2, 0.25) is 0 Å². The lowest BCUT2D eigenvalue weighted by atomic mass is 10.0. The maximum atomic E-state index is 11.5. The van der Waals surface area contributed by atoms with Crippen molar-refractivity contribution in [1.29, 1.82) is 0 Å². The van der Waals surface area contributed by atoms with Gasteiger partial charge in [0, 0.05) is 11.4 Å². The van der Waals surface area contributed by atoms with Gasteiger partial charge in [-0.2, -0.15) is 0 Å². The summed E-state index contributed by atoms with van der Waals surface area (Å²) in [5.74, 6) is -0.467. The molecule has 1 atom stereocenters. The van der Waals surface area contributed by atoms with E-state index >= 15 is 0 Å². The Morgan fingerprint density at radius 1 is 1.14 bits per heavy atom. The van der Waals surface area contributed by atoms with Gasteiger partial charge < -0.3 is 9.84 Å². The normalized spacial score (nSPS) is 12.0. The molecule has 0 radical (unpaired) electrons. The Morgan fingerprint density at radius 3 is 2.32 bits per heavy atom. The highest BCUT2D eigenvalue weighted by Crippen LogP contribution is 2.23. The first-order valence-electron chi connectivity index (χ1n) is 7.08. The van der Waals surface area contributed by atoms with Gasteiger partial charge in [-0.25, -0.2) is 4.79 Å². The molecule has 0 aliphatic carbocycles. The second-order valence-corrected chi connectivity index (χ2v) is 5.96. The van der Waals surface area contributed by atoms with Crippen LogP contribution in [0.3, 0.4) is 0 Å². The molecule has 2 rings (SSSR count). The maximum absolute atomic E-state index is 11.5. The Labute approximate surface area is 135 Å². The molecule has 0 heterocycles. The van der Waals surface area contributed by atoms with Crippen LogP contribution in [0, 0.1) is 20.8 Å². The summed E-state index contributed by atoms with van der Waals surface area (Å²) in [6, 6.07) is 11.2. The average Bonchev–Trinajstić information content (AvgIpc) is 2.41. The number of halogens is 1. The van der Waals surface area contributed by atoms with E-state index in [0.717, 1.165) is 22.3 Å². The standard InChI is InChI=1S/C18H19ClO3/c1-11-6-12(2)8-14(7-11)10-17(18(20)21)22-15-4-5-16(19)13(3)9-15/h4-9,17H,10H2,1-3H3,(H,20,21). The maximum Gasteiger partial charge on any atom is 0.345 e. The monoisotopic (exact) mass is 318 g/mol. The number of hydrogen-bond donors (Lipinski definition) is 1. The molecule has 0 spiro atoms. The highest BCUT2D eigenvalue weighted by atomic mass is 35.5. The number of benzene rings is 2. The molecule has 1 N–H and O–H groups in total. The summed E-state index contributed by atoms with van der Waals surface area (Å²) in [5, 5.41) is 10.0. The molecule has 2 aromatic rings. The van der Waals surface area contributed by atoms with E-state index in [2.05, 4.69) is 6.07 Å². The van der Waals surface area contributed by atoms with Crippen LogP contribution >= 0.6 is 11.6 Å². The summed E-state index contributed by atoms with van der Waals surface area (Å²) < 4.78 is 5.64. The number of carbonyl (C=O) groups is 1. The minimum absolute atomic E-state index is 0.319. The second kappa shape index (κ2) is 6.84. The van der Waals surface area contributed by atoms with Crippen LogP contribution in [0.15, 0.2) is 36.4 Å². The topological polar surface area (TPSA) is 46.5 Å². The van der Waals surface area contributed by atoms with E-state index in [1.54, 1.807) is 18.2 Å². The lowest BCUT2D eigenvalue weighted by Crippen LogP contribution is -2.29. The van der Waals surface area contributed by atoms with Crippen LogP contribution in [0.1, 0.15) is 22.3 Å². The van der Waals surface area contributed by atoms with Gasteiger partial charge >= 0.3 is 5.97 Å². The lowest BCUT2D eigenvalue weighted by molar-refractivity contribution is -0.145. The summed E-state index contributed by atoms with van der Waals surface area (Å²) in [6.07, 6.45) is -0.610. The third-order valence-corrected chi connectivity index (χ3v) is 3.81. The summed E-state index contributed by atoms with van der Waals surface area (Å²) >= 11 is 5.97. The minimum atomic E-state index is -0.980. The van der Waals surface area contributed by atoms with Crippen molar-refractivity contribution in [3.63, 3.8) is 0 Å². The van der Waals surface area contributed by atoms with Crippen molar-refractivity contribution in [1.82, 2.24) is 0 Å². The molecule has 0 fully saturated rings. The third-order valence-electron chi connectivity index (χ3n) is 3.39. The fourth-order valence-electron chi connectivity index (χ4n) is 2.44. The molecule has 0 saturated heterocycles. The average molecular weight is 319 g/mol. The van der Waals surface area contributed by atoms with Crippen molar-refractivity contribution < 1.29 is 14.6 Å². The minimum Gasteiger partial charge on any atom is -0.478 e. The van der Waals surface area contributed by atoms with Gasteiger partial charge in [0.05, 0.1) is 0 Å². The molecule has 3 nitrogen and oxygen atoms in total. The smallest absolute Gasteiger partial charge is 0.345 e.